The molecule has 0 saturated carbocycles. The zero-order valence-electron chi connectivity index (χ0n) is 9.16. The Morgan fingerprint density at radius 2 is 1.73 bits per heavy atom. The first-order chi connectivity index (χ1) is 7.18. The van der Waals surface area contributed by atoms with E-state index in [1.165, 1.54) is 0 Å². The van der Waals surface area contributed by atoms with Crippen molar-refractivity contribution >= 4 is 11.9 Å². The number of cyclic esters (lactones) is 2. The SMILES string of the molecule is CC.CC1=CC2=C(C=CC1)C(=O)OC2=O. The molecule has 0 fully saturated rings. The summed E-state index contributed by atoms with van der Waals surface area (Å²) in [5.74, 6) is -1.08. The van der Waals surface area contributed by atoms with Gasteiger partial charge in [0.1, 0.15) is 0 Å². The minimum Gasteiger partial charge on any atom is -0.386 e. The van der Waals surface area contributed by atoms with Gasteiger partial charge in [-0.2, -0.15) is 0 Å². The van der Waals surface area contributed by atoms with Gasteiger partial charge in [-0.3, -0.25) is 0 Å². The average Bonchev–Trinajstić information content (AvgIpc) is 2.43. The molecule has 0 radical (unpaired) electrons. The average molecular weight is 206 g/mol. The molecule has 0 aromatic rings. The van der Waals surface area contributed by atoms with E-state index in [9.17, 15) is 9.59 Å². The summed E-state index contributed by atoms with van der Waals surface area (Å²) in [4.78, 5) is 22.2. The molecule has 1 aliphatic heterocycles. The molecular weight excluding hydrogens is 192 g/mol. The van der Waals surface area contributed by atoms with Crippen molar-refractivity contribution in [3.63, 3.8) is 0 Å². The maximum atomic E-state index is 11.1. The van der Waals surface area contributed by atoms with Crippen molar-refractivity contribution in [1.29, 1.82) is 0 Å². The number of carbonyl (C=O) groups is 2. The molecule has 1 heterocycles. The van der Waals surface area contributed by atoms with E-state index in [2.05, 4.69) is 4.74 Å². The van der Waals surface area contributed by atoms with Crippen LogP contribution in [0.15, 0.2) is 34.9 Å². The van der Waals surface area contributed by atoms with E-state index in [0.717, 1.165) is 12.0 Å². The third-order valence-corrected chi connectivity index (χ3v) is 2.03. The van der Waals surface area contributed by atoms with Crippen LogP contribution in [0.2, 0.25) is 0 Å². The quantitative estimate of drug-likeness (QED) is 0.451. The highest BCUT2D eigenvalue weighted by molar-refractivity contribution is 6.15. The Labute approximate surface area is 89.1 Å². The van der Waals surface area contributed by atoms with Gasteiger partial charge < -0.3 is 4.74 Å². The van der Waals surface area contributed by atoms with Crippen molar-refractivity contribution < 1.29 is 14.3 Å². The van der Waals surface area contributed by atoms with Crippen molar-refractivity contribution in [3.8, 4) is 0 Å². The molecule has 0 saturated heterocycles. The lowest BCUT2D eigenvalue weighted by Gasteiger charge is -1.93. The number of allylic oxidation sites excluding steroid dienone is 2. The zero-order chi connectivity index (χ0) is 11.4. The largest absolute Gasteiger partial charge is 0.386 e. The van der Waals surface area contributed by atoms with Gasteiger partial charge in [0.05, 0.1) is 11.1 Å². The van der Waals surface area contributed by atoms with Crippen LogP contribution in [0.25, 0.3) is 0 Å². The molecule has 2 rings (SSSR count). The van der Waals surface area contributed by atoms with Crippen LogP contribution in [0.1, 0.15) is 27.2 Å². The third-order valence-electron chi connectivity index (χ3n) is 2.03. The van der Waals surface area contributed by atoms with Crippen LogP contribution >= 0.6 is 0 Å². The smallest absolute Gasteiger partial charge is 0.346 e. The molecule has 80 valence electrons. The van der Waals surface area contributed by atoms with Gasteiger partial charge in [-0.1, -0.05) is 31.6 Å². The highest BCUT2D eigenvalue weighted by Gasteiger charge is 2.30. The molecule has 0 N–H and O–H groups in total. The van der Waals surface area contributed by atoms with Gasteiger partial charge in [-0.05, 0) is 19.4 Å². The van der Waals surface area contributed by atoms with Crippen molar-refractivity contribution in [2.45, 2.75) is 27.2 Å². The van der Waals surface area contributed by atoms with E-state index in [1.54, 1.807) is 12.2 Å². The molecule has 3 nitrogen and oxygen atoms in total. The second kappa shape index (κ2) is 4.73. The first-order valence-electron chi connectivity index (χ1n) is 5.03. The highest BCUT2D eigenvalue weighted by Crippen LogP contribution is 2.24. The van der Waals surface area contributed by atoms with E-state index in [1.807, 2.05) is 26.8 Å². The molecular formula is C12H14O3. The Hall–Kier alpha value is -1.64. The Kier molecular flexibility index (Phi) is 3.61. The first kappa shape index (κ1) is 11.4. The molecule has 1 aliphatic carbocycles. The molecule has 0 spiro atoms. The number of carbonyl (C=O) groups excluding carboxylic acids is 2. The molecule has 2 aliphatic rings. The monoisotopic (exact) mass is 206 g/mol. The van der Waals surface area contributed by atoms with Gasteiger partial charge in [0.15, 0.2) is 0 Å². The van der Waals surface area contributed by atoms with Gasteiger partial charge in [-0.15, -0.1) is 0 Å². The molecule has 0 amide bonds. The van der Waals surface area contributed by atoms with E-state index >= 15 is 0 Å². The zero-order valence-corrected chi connectivity index (χ0v) is 9.16. The van der Waals surface area contributed by atoms with Gasteiger partial charge in [0.2, 0.25) is 0 Å². The standard InChI is InChI=1S/C10H8O3.C2H6/c1-6-3-2-4-7-8(5-6)10(12)13-9(7)11;1-2/h2,4-5H,3H2,1H3;1-2H3. The maximum Gasteiger partial charge on any atom is 0.346 e. The van der Waals surface area contributed by atoms with Gasteiger partial charge in [0, 0.05) is 0 Å². The molecule has 0 aromatic carbocycles. The second-order valence-electron chi connectivity index (χ2n) is 3.10. The predicted molar refractivity (Wildman–Crippen MR) is 57.0 cm³/mol. The first-order valence-corrected chi connectivity index (χ1v) is 5.03. The summed E-state index contributed by atoms with van der Waals surface area (Å²) in [6, 6.07) is 0. The Bertz CT molecular complexity index is 384. The van der Waals surface area contributed by atoms with Crippen LogP contribution in [-0.4, -0.2) is 11.9 Å². The number of esters is 2. The summed E-state index contributed by atoms with van der Waals surface area (Å²) in [6.07, 6.45) is 5.99. The normalized spacial score (nSPS) is 18.7. The van der Waals surface area contributed by atoms with Crippen molar-refractivity contribution in [1.82, 2.24) is 0 Å². The van der Waals surface area contributed by atoms with E-state index in [4.69, 9.17) is 0 Å². The molecule has 0 bridgehead atoms. The third kappa shape index (κ3) is 2.24. The van der Waals surface area contributed by atoms with E-state index in [-0.39, 0.29) is 0 Å². The van der Waals surface area contributed by atoms with Crippen LogP contribution in [-0.2, 0) is 14.3 Å². The number of ether oxygens (including phenoxy) is 1. The fraction of sp³-hybridized carbons (Fsp3) is 0.333. The minimum atomic E-state index is -0.540. The van der Waals surface area contributed by atoms with Crippen molar-refractivity contribution in [2.24, 2.45) is 0 Å². The summed E-state index contributed by atoms with van der Waals surface area (Å²) >= 11 is 0. The Balaban J connectivity index is 0.000000531. The van der Waals surface area contributed by atoms with Crippen LogP contribution in [0.3, 0.4) is 0 Å². The Morgan fingerprint density at radius 1 is 1.13 bits per heavy atom. The van der Waals surface area contributed by atoms with Gasteiger partial charge in [-0.25, -0.2) is 9.59 Å². The molecule has 0 aromatic heterocycles. The van der Waals surface area contributed by atoms with Crippen LogP contribution in [0.5, 0.6) is 0 Å². The lowest BCUT2D eigenvalue weighted by Crippen LogP contribution is -2.01. The lowest BCUT2D eigenvalue weighted by molar-refractivity contribution is -0.150. The summed E-state index contributed by atoms with van der Waals surface area (Å²) in [6.45, 7) is 5.91. The maximum absolute atomic E-state index is 11.1. The molecule has 0 atom stereocenters. The Morgan fingerprint density at radius 3 is 2.40 bits per heavy atom. The molecule has 3 heteroatoms. The van der Waals surface area contributed by atoms with Crippen LogP contribution in [0.4, 0.5) is 0 Å². The van der Waals surface area contributed by atoms with Gasteiger partial charge >= 0.3 is 11.9 Å². The summed E-state index contributed by atoms with van der Waals surface area (Å²) < 4.78 is 4.46. The summed E-state index contributed by atoms with van der Waals surface area (Å²) in [5.41, 5.74) is 1.81. The van der Waals surface area contributed by atoms with Crippen LogP contribution < -0.4 is 0 Å². The van der Waals surface area contributed by atoms with Crippen molar-refractivity contribution in [3.05, 3.63) is 34.9 Å². The second-order valence-corrected chi connectivity index (χ2v) is 3.10. The summed E-state index contributed by atoms with van der Waals surface area (Å²) in [5, 5.41) is 0. The predicted octanol–water partition coefficient (Wildman–Crippen LogP) is 2.30. The van der Waals surface area contributed by atoms with Crippen LogP contribution in [0, 0.1) is 0 Å². The molecule has 15 heavy (non-hydrogen) atoms. The highest BCUT2D eigenvalue weighted by atomic mass is 16.6. The van der Waals surface area contributed by atoms with Gasteiger partial charge in [0.25, 0.3) is 0 Å². The van der Waals surface area contributed by atoms with Crippen molar-refractivity contribution in [2.75, 3.05) is 0 Å². The number of hydrogen-bond acceptors (Lipinski definition) is 3. The number of rotatable bonds is 0. The lowest BCUT2D eigenvalue weighted by atomic mass is 10.1. The fourth-order valence-electron chi connectivity index (χ4n) is 1.38. The van der Waals surface area contributed by atoms with E-state index in [0.29, 0.717) is 11.1 Å². The summed E-state index contributed by atoms with van der Waals surface area (Å²) in [7, 11) is 0. The minimum absolute atomic E-state index is 0.377. The number of hydrogen-bond donors (Lipinski definition) is 0. The topological polar surface area (TPSA) is 43.4 Å². The molecule has 0 unspecified atom stereocenters. The fourth-order valence-corrected chi connectivity index (χ4v) is 1.38. The van der Waals surface area contributed by atoms with E-state index < -0.39 is 11.9 Å².